The van der Waals surface area contributed by atoms with Crippen molar-refractivity contribution in [2.45, 2.75) is 38.8 Å². The fraction of sp³-hybridized carbons (Fsp3) is 0.467. The van der Waals surface area contributed by atoms with Crippen molar-refractivity contribution < 1.29 is 19.2 Å². The molecule has 0 bridgehead atoms. The Hall–Kier alpha value is -2.44. The molecule has 0 radical (unpaired) electrons. The lowest BCUT2D eigenvalue weighted by Gasteiger charge is -2.22. The molecule has 1 fully saturated rings. The number of nitro groups is 1. The van der Waals surface area contributed by atoms with Gasteiger partial charge in [-0.3, -0.25) is 14.9 Å². The van der Waals surface area contributed by atoms with E-state index in [9.17, 15) is 19.7 Å². The maximum absolute atomic E-state index is 12.1. The number of esters is 1. The maximum atomic E-state index is 12.1. The van der Waals surface area contributed by atoms with E-state index in [0.29, 0.717) is 24.9 Å². The Kier molecular flexibility index (Phi) is 5.08. The second kappa shape index (κ2) is 7.02. The molecular weight excluding hydrogens is 288 g/mol. The monoisotopic (exact) mass is 306 g/mol. The molecule has 1 atom stereocenters. The quantitative estimate of drug-likeness (QED) is 0.472. The summed E-state index contributed by atoms with van der Waals surface area (Å²) in [5.74, 6) is -0.465. The number of non-ortho nitro benzene ring substituents is 1. The lowest BCUT2D eigenvalue weighted by atomic mass is 10.2. The molecule has 1 aromatic carbocycles. The molecule has 22 heavy (non-hydrogen) atoms. The molecule has 0 aliphatic carbocycles. The summed E-state index contributed by atoms with van der Waals surface area (Å²) in [7, 11) is 0. The first-order valence-electron chi connectivity index (χ1n) is 7.22. The molecule has 1 aliphatic rings. The fourth-order valence-electron chi connectivity index (χ4n) is 2.48. The molecule has 0 N–H and O–H groups in total. The average molecular weight is 306 g/mol. The minimum atomic E-state index is -0.509. The van der Waals surface area contributed by atoms with Gasteiger partial charge in [-0.1, -0.05) is 6.92 Å². The number of ether oxygens (including phenoxy) is 1. The van der Waals surface area contributed by atoms with Crippen molar-refractivity contribution >= 4 is 17.6 Å². The first-order chi connectivity index (χ1) is 10.5. The zero-order valence-electron chi connectivity index (χ0n) is 12.4. The van der Waals surface area contributed by atoms with Gasteiger partial charge in [-0.2, -0.15) is 0 Å². The summed E-state index contributed by atoms with van der Waals surface area (Å²) in [5, 5.41) is 10.6. The zero-order valence-corrected chi connectivity index (χ0v) is 12.4. The zero-order chi connectivity index (χ0) is 16.1. The van der Waals surface area contributed by atoms with Gasteiger partial charge in [0.2, 0.25) is 5.91 Å². The normalized spacial score (nSPS) is 17.3. The molecule has 1 aliphatic heterocycles. The molecule has 0 saturated carbocycles. The van der Waals surface area contributed by atoms with E-state index in [2.05, 4.69) is 0 Å². The molecule has 2 rings (SSSR count). The largest absolute Gasteiger partial charge is 0.459 e. The lowest BCUT2D eigenvalue weighted by Crippen LogP contribution is -2.41. The van der Waals surface area contributed by atoms with E-state index >= 15 is 0 Å². The Balaban J connectivity index is 1.92. The number of carbonyl (C=O) groups is 2. The predicted octanol–water partition coefficient (Wildman–Crippen LogP) is 2.04. The third-order valence-electron chi connectivity index (χ3n) is 3.68. The number of hydrogen-bond donors (Lipinski definition) is 0. The number of rotatable bonds is 5. The Morgan fingerprint density at radius 2 is 2.05 bits per heavy atom. The molecule has 1 amide bonds. The smallest absolute Gasteiger partial charge is 0.329 e. The van der Waals surface area contributed by atoms with Crippen molar-refractivity contribution in [2.75, 3.05) is 6.54 Å². The van der Waals surface area contributed by atoms with Crippen LogP contribution in [0.25, 0.3) is 0 Å². The SMILES string of the molecule is CCC(=O)N1CCC[C@H]1C(=O)OCc1ccc([N+](=O)[O-])cc1. The standard InChI is InChI=1S/C15H18N2O5/c1-2-14(18)16-9-3-4-13(16)15(19)22-10-11-5-7-12(8-6-11)17(20)21/h5-8,13H,2-4,9-10H2,1H3/t13-/m0/s1. The molecule has 1 saturated heterocycles. The minimum absolute atomic E-state index is 0.00872. The topological polar surface area (TPSA) is 89.8 Å². The van der Waals surface area contributed by atoms with Crippen LogP contribution in [0, 0.1) is 10.1 Å². The van der Waals surface area contributed by atoms with E-state index < -0.39 is 16.9 Å². The highest BCUT2D eigenvalue weighted by atomic mass is 16.6. The van der Waals surface area contributed by atoms with Crippen LogP contribution in [0.15, 0.2) is 24.3 Å². The molecule has 0 aromatic heterocycles. The summed E-state index contributed by atoms with van der Waals surface area (Å²) in [6.07, 6.45) is 1.78. The summed E-state index contributed by atoms with van der Waals surface area (Å²) in [4.78, 5) is 35.5. The predicted molar refractivity (Wildman–Crippen MR) is 77.9 cm³/mol. The number of carbonyl (C=O) groups excluding carboxylic acids is 2. The van der Waals surface area contributed by atoms with Gasteiger partial charge < -0.3 is 9.64 Å². The van der Waals surface area contributed by atoms with Gasteiger partial charge in [-0.15, -0.1) is 0 Å². The molecule has 118 valence electrons. The lowest BCUT2D eigenvalue weighted by molar-refractivity contribution is -0.384. The van der Waals surface area contributed by atoms with Crippen LogP contribution in [0.3, 0.4) is 0 Å². The van der Waals surface area contributed by atoms with Gasteiger partial charge in [0, 0.05) is 25.1 Å². The highest BCUT2D eigenvalue weighted by molar-refractivity contribution is 5.85. The van der Waals surface area contributed by atoms with Gasteiger partial charge in [0.1, 0.15) is 12.6 Å². The van der Waals surface area contributed by atoms with E-state index in [1.54, 1.807) is 24.0 Å². The van der Waals surface area contributed by atoms with Gasteiger partial charge in [0.25, 0.3) is 5.69 Å². The van der Waals surface area contributed by atoms with Crippen LogP contribution in [0.4, 0.5) is 5.69 Å². The summed E-state index contributed by atoms with van der Waals surface area (Å²) < 4.78 is 5.23. The summed E-state index contributed by atoms with van der Waals surface area (Å²) in [5.41, 5.74) is 0.663. The Morgan fingerprint density at radius 1 is 1.36 bits per heavy atom. The van der Waals surface area contributed by atoms with Crippen molar-refractivity contribution in [3.05, 3.63) is 39.9 Å². The minimum Gasteiger partial charge on any atom is -0.459 e. The average Bonchev–Trinajstić information content (AvgIpc) is 3.01. The second-order valence-corrected chi connectivity index (χ2v) is 5.13. The van der Waals surface area contributed by atoms with Gasteiger partial charge in [-0.25, -0.2) is 4.79 Å². The highest BCUT2D eigenvalue weighted by Crippen LogP contribution is 2.20. The molecule has 1 aromatic rings. The van der Waals surface area contributed by atoms with E-state index in [0.717, 1.165) is 6.42 Å². The molecular formula is C15H18N2O5. The van der Waals surface area contributed by atoms with Crippen LogP contribution in [0.1, 0.15) is 31.7 Å². The van der Waals surface area contributed by atoms with E-state index in [1.165, 1.54) is 12.1 Å². The number of nitrogens with zero attached hydrogens (tertiary/aromatic N) is 2. The Morgan fingerprint density at radius 3 is 2.64 bits per heavy atom. The van der Waals surface area contributed by atoms with Gasteiger partial charge in [0.05, 0.1) is 4.92 Å². The first-order valence-corrected chi connectivity index (χ1v) is 7.22. The third-order valence-corrected chi connectivity index (χ3v) is 3.68. The van der Waals surface area contributed by atoms with Gasteiger partial charge >= 0.3 is 5.97 Å². The van der Waals surface area contributed by atoms with Crippen molar-refractivity contribution in [1.82, 2.24) is 4.90 Å². The molecule has 7 nitrogen and oxygen atoms in total. The van der Waals surface area contributed by atoms with Crippen LogP contribution < -0.4 is 0 Å². The van der Waals surface area contributed by atoms with Gasteiger partial charge in [-0.05, 0) is 30.5 Å². The van der Waals surface area contributed by atoms with Crippen molar-refractivity contribution in [3.63, 3.8) is 0 Å². The van der Waals surface area contributed by atoms with Crippen LogP contribution in [0.2, 0.25) is 0 Å². The Labute approximate surface area is 128 Å². The molecule has 1 heterocycles. The second-order valence-electron chi connectivity index (χ2n) is 5.13. The Bertz CT molecular complexity index is 570. The number of hydrogen-bond acceptors (Lipinski definition) is 5. The first kappa shape index (κ1) is 15.9. The number of amides is 1. The maximum Gasteiger partial charge on any atom is 0.329 e. The van der Waals surface area contributed by atoms with Crippen LogP contribution in [-0.4, -0.2) is 34.3 Å². The van der Waals surface area contributed by atoms with E-state index in [1.807, 2.05) is 0 Å². The molecule has 7 heteroatoms. The summed E-state index contributed by atoms with van der Waals surface area (Å²) in [6, 6.07) is 5.33. The highest BCUT2D eigenvalue weighted by Gasteiger charge is 2.34. The van der Waals surface area contributed by atoms with Crippen LogP contribution in [-0.2, 0) is 20.9 Å². The third kappa shape index (κ3) is 3.60. The fourth-order valence-corrected chi connectivity index (χ4v) is 2.48. The van der Waals surface area contributed by atoms with Crippen molar-refractivity contribution in [1.29, 1.82) is 0 Å². The summed E-state index contributed by atoms with van der Waals surface area (Å²) in [6.45, 7) is 2.39. The van der Waals surface area contributed by atoms with Gasteiger partial charge in [0.15, 0.2) is 0 Å². The van der Waals surface area contributed by atoms with Crippen molar-refractivity contribution in [2.24, 2.45) is 0 Å². The number of benzene rings is 1. The number of likely N-dealkylation sites (tertiary alicyclic amines) is 1. The van der Waals surface area contributed by atoms with E-state index in [4.69, 9.17) is 4.74 Å². The summed E-state index contributed by atoms with van der Waals surface area (Å²) >= 11 is 0. The molecule has 0 unspecified atom stereocenters. The molecule has 0 spiro atoms. The van der Waals surface area contributed by atoms with Crippen LogP contribution >= 0.6 is 0 Å². The van der Waals surface area contributed by atoms with Crippen molar-refractivity contribution in [3.8, 4) is 0 Å². The van der Waals surface area contributed by atoms with E-state index in [-0.39, 0.29) is 18.2 Å². The number of nitro benzene ring substituents is 1. The van der Waals surface area contributed by atoms with Crippen LogP contribution in [0.5, 0.6) is 0 Å².